The Hall–Kier alpha value is -1.22. The van der Waals surface area contributed by atoms with Crippen molar-refractivity contribution in [2.45, 2.75) is 0 Å². The van der Waals surface area contributed by atoms with Crippen LogP contribution >= 0.6 is 0 Å². The first-order chi connectivity index (χ1) is 12.0. The maximum atomic E-state index is 5.76. The normalized spacial score (nSPS) is 20.9. The molecule has 136 valence electrons. The number of hydrogen-bond acceptors (Lipinski definition) is 7. The fourth-order valence-corrected chi connectivity index (χ4v) is 2.01. The lowest BCUT2D eigenvalue weighted by Crippen LogP contribution is -2.29. The summed E-state index contributed by atoms with van der Waals surface area (Å²) in [4.78, 5) is 5.76. The largest absolute Gasteiger partial charge is 0.377 e. The number of rotatable bonds is 1. The van der Waals surface area contributed by atoms with E-state index in [-0.39, 0.29) is 0 Å². The fourth-order valence-electron chi connectivity index (χ4n) is 2.01. The van der Waals surface area contributed by atoms with Crippen molar-refractivity contribution in [3.05, 3.63) is 30.3 Å². The first-order valence-corrected chi connectivity index (χ1v) is 8.31. The minimum Gasteiger partial charge on any atom is -0.377 e. The minimum absolute atomic E-state index is 0.326. The molecule has 1 saturated heterocycles. The van der Waals surface area contributed by atoms with Gasteiger partial charge in [-0.1, -0.05) is 18.2 Å². The van der Waals surface area contributed by atoms with Gasteiger partial charge in [-0.05, 0) is 12.1 Å². The second kappa shape index (κ2) is 13.1. The molecule has 7 nitrogen and oxygen atoms in total. The molecule has 0 aromatic heterocycles. The van der Waals surface area contributed by atoms with E-state index in [9.17, 15) is 0 Å². The van der Waals surface area contributed by atoms with Crippen molar-refractivity contribution in [2.24, 2.45) is 0 Å². The SMILES string of the molecule is c1ccc(N2COCCOCCOCCOCCOCCO2)cc1. The van der Waals surface area contributed by atoms with E-state index < -0.39 is 0 Å². The van der Waals surface area contributed by atoms with Gasteiger partial charge >= 0.3 is 0 Å². The van der Waals surface area contributed by atoms with Crippen LogP contribution in [0.15, 0.2) is 30.3 Å². The van der Waals surface area contributed by atoms with Gasteiger partial charge < -0.3 is 23.7 Å². The number of anilines is 1. The summed E-state index contributed by atoms with van der Waals surface area (Å²) in [6.07, 6.45) is 0. The van der Waals surface area contributed by atoms with Crippen molar-refractivity contribution in [2.75, 3.05) is 77.9 Å². The van der Waals surface area contributed by atoms with Crippen LogP contribution in [0.4, 0.5) is 5.69 Å². The third-order valence-corrected chi connectivity index (χ3v) is 3.22. The van der Waals surface area contributed by atoms with E-state index in [1.54, 1.807) is 5.06 Å². The van der Waals surface area contributed by atoms with Gasteiger partial charge in [0.05, 0.1) is 71.8 Å². The maximum Gasteiger partial charge on any atom is 0.143 e. The maximum absolute atomic E-state index is 5.76. The molecule has 0 saturated carbocycles. The summed E-state index contributed by atoms with van der Waals surface area (Å²) < 4.78 is 27.4. The molecule has 1 aromatic rings. The molecule has 7 heteroatoms. The van der Waals surface area contributed by atoms with E-state index in [0.717, 1.165) is 5.69 Å². The van der Waals surface area contributed by atoms with Gasteiger partial charge in [0, 0.05) is 0 Å². The average molecular weight is 341 g/mol. The zero-order chi connectivity index (χ0) is 16.7. The molecular formula is C17H27NO6. The lowest BCUT2D eigenvalue weighted by Gasteiger charge is -2.23. The summed E-state index contributed by atoms with van der Waals surface area (Å²) in [5, 5.41) is 1.71. The zero-order valence-electron chi connectivity index (χ0n) is 14.1. The molecule has 1 aromatic carbocycles. The molecule has 0 unspecified atom stereocenters. The summed E-state index contributed by atoms with van der Waals surface area (Å²) in [5.74, 6) is 0. The third kappa shape index (κ3) is 8.58. The van der Waals surface area contributed by atoms with Crippen LogP contribution in [-0.4, -0.2) is 72.8 Å². The van der Waals surface area contributed by atoms with Crippen LogP contribution in [-0.2, 0) is 28.5 Å². The Bertz CT molecular complexity index is 387. The summed E-state index contributed by atoms with van der Waals surface area (Å²) in [5.41, 5.74) is 0.935. The van der Waals surface area contributed by atoms with Crippen molar-refractivity contribution in [1.29, 1.82) is 0 Å². The number of para-hydroxylation sites is 1. The van der Waals surface area contributed by atoms with Crippen LogP contribution in [0.25, 0.3) is 0 Å². The van der Waals surface area contributed by atoms with Crippen LogP contribution in [0.5, 0.6) is 0 Å². The highest BCUT2D eigenvalue weighted by atomic mass is 16.7. The number of ether oxygens (including phenoxy) is 5. The molecule has 1 heterocycles. The smallest absolute Gasteiger partial charge is 0.143 e. The highest BCUT2D eigenvalue weighted by Gasteiger charge is 2.07. The molecule has 0 radical (unpaired) electrons. The monoisotopic (exact) mass is 341 g/mol. The predicted octanol–water partition coefficient (Wildman–Crippen LogP) is 1.48. The van der Waals surface area contributed by atoms with E-state index in [4.69, 9.17) is 28.5 Å². The Kier molecular flexibility index (Phi) is 10.4. The lowest BCUT2D eigenvalue weighted by atomic mass is 10.3. The van der Waals surface area contributed by atoms with Gasteiger partial charge in [0.1, 0.15) is 6.73 Å². The molecule has 24 heavy (non-hydrogen) atoms. The minimum atomic E-state index is 0.326. The molecule has 0 spiro atoms. The zero-order valence-corrected chi connectivity index (χ0v) is 14.1. The quantitative estimate of drug-likeness (QED) is 0.767. The second-order valence-electron chi connectivity index (χ2n) is 5.03. The number of hydroxylamine groups is 1. The third-order valence-electron chi connectivity index (χ3n) is 3.22. The first-order valence-electron chi connectivity index (χ1n) is 8.31. The number of benzene rings is 1. The highest BCUT2D eigenvalue weighted by molar-refractivity contribution is 5.42. The van der Waals surface area contributed by atoms with E-state index in [0.29, 0.717) is 72.8 Å². The summed E-state index contributed by atoms with van der Waals surface area (Å²) in [6.45, 7) is 5.58. The summed E-state index contributed by atoms with van der Waals surface area (Å²) in [6, 6.07) is 9.82. The topological polar surface area (TPSA) is 58.6 Å². The van der Waals surface area contributed by atoms with E-state index in [1.165, 1.54) is 0 Å². The fraction of sp³-hybridized carbons (Fsp3) is 0.647. The van der Waals surface area contributed by atoms with E-state index in [2.05, 4.69) is 0 Å². The van der Waals surface area contributed by atoms with Gasteiger partial charge in [0.15, 0.2) is 0 Å². The number of hydrogen-bond donors (Lipinski definition) is 0. The molecule has 0 amide bonds. The molecule has 0 aliphatic carbocycles. The van der Waals surface area contributed by atoms with Gasteiger partial charge in [-0.25, -0.2) is 5.06 Å². The Morgan fingerprint density at radius 1 is 0.542 bits per heavy atom. The lowest BCUT2D eigenvalue weighted by molar-refractivity contribution is -0.0416. The van der Waals surface area contributed by atoms with Gasteiger partial charge in [0.25, 0.3) is 0 Å². The molecule has 0 atom stereocenters. The van der Waals surface area contributed by atoms with Crippen molar-refractivity contribution in [1.82, 2.24) is 0 Å². The Morgan fingerprint density at radius 2 is 1.00 bits per heavy atom. The molecular weight excluding hydrogens is 314 g/mol. The molecule has 1 aliphatic heterocycles. The van der Waals surface area contributed by atoms with Crippen LogP contribution in [0.2, 0.25) is 0 Å². The molecule has 2 rings (SSSR count). The van der Waals surface area contributed by atoms with Crippen molar-refractivity contribution >= 4 is 5.69 Å². The van der Waals surface area contributed by atoms with Gasteiger partial charge in [-0.3, -0.25) is 4.84 Å². The molecule has 1 fully saturated rings. The Balaban J connectivity index is 1.77. The first kappa shape index (κ1) is 19.1. The van der Waals surface area contributed by atoms with Gasteiger partial charge in [-0.2, -0.15) is 0 Å². The number of nitrogens with zero attached hydrogens (tertiary/aromatic N) is 1. The van der Waals surface area contributed by atoms with Crippen LogP contribution in [0.3, 0.4) is 0 Å². The summed E-state index contributed by atoms with van der Waals surface area (Å²) >= 11 is 0. The second-order valence-corrected chi connectivity index (χ2v) is 5.03. The van der Waals surface area contributed by atoms with Crippen LogP contribution < -0.4 is 5.06 Å². The average Bonchev–Trinajstić information content (AvgIpc) is 2.62. The molecule has 0 N–H and O–H groups in total. The highest BCUT2D eigenvalue weighted by Crippen LogP contribution is 2.13. The van der Waals surface area contributed by atoms with Crippen LogP contribution in [0.1, 0.15) is 0 Å². The Labute approximate surface area is 143 Å². The molecule has 1 aliphatic rings. The predicted molar refractivity (Wildman–Crippen MR) is 89.0 cm³/mol. The van der Waals surface area contributed by atoms with Crippen molar-refractivity contribution in [3.63, 3.8) is 0 Å². The van der Waals surface area contributed by atoms with Crippen LogP contribution in [0, 0.1) is 0 Å². The van der Waals surface area contributed by atoms with E-state index >= 15 is 0 Å². The van der Waals surface area contributed by atoms with Crippen molar-refractivity contribution < 1.29 is 28.5 Å². The van der Waals surface area contributed by atoms with Crippen molar-refractivity contribution in [3.8, 4) is 0 Å². The standard InChI is InChI=1S/C17H27NO6/c1-2-4-17(5-3-1)18-16-23-13-12-21-9-8-19-6-7-20-10-11-22-14-15-24-18/h1-5H,6-16H2. The Morgan fingerprint density at radius 3 is 1.54 bits per heavy atom. The van der Waals surface area contributed by atoms with E-state index in [1.807, 2.05) is 30.3 Å². The summed E-state index contributed by atoms with van der Waals surface area (Å²) in [7, 11) is 0. The van der Waals surface area contributed by atoms with Gasteiger partial charge in [-0.15, -0.1) is 0 Å². The van der Waals surface area contributed by atoms with Gasteiger partial charge in [0.2, 0.25) is 0 Å². The molecule has 0 bridgehead atoms.